The Morgan fingerprint density at radius 1 is 1.35 bits per heavy atom. The molecule has 0 fully saturated rings. The maximum absolute atomic E-state index is 4.43. The quantitative estimate of drug-likeness (QED) is 0.677. The highest BCUT2D eigenvalue weighted by atomic mass is 15.3. The molecule has 0 spiro atoms. The zero-order valence-corrected chi connectivity index (χ0v) is 11.6. The van der Waals surface area contributed by atoms with E-state index in [-0.39, 0.29) is 0 Å². The average molecular weight is 238 g/mol. The van der Waals surface area contributed by atoms with Gasteiger partial charge in [-0.2, -0.15) is 5.10 Å². The van der Waals surface area contributed by atoms with E-state index in [2.05, 4.69) is 47.3 Å². The van der Waals surface area contributed by atoms with Crippen molar-refractivity contribution in [3.05, 3.63) is 17.5 Å². The third kappa shape index (κ3) is 5.33. The van der Waals surface area contributed by atoms with E-state index < -0.39 is 0 Å². The first-order valence-electron chi connectivity index (χ1n) is 6.61. The van der Waals surface area contributed by atoms with E-state index in [1.54, 1.807) is 0 Å². The van der Waals surface area contributed by atoms with Gasteiger partial charge in [0.05, 0.1) is 11.4 Å². The molecule has 0 aliphatic carbocycles. The Morgan fingerprint density at radius 3 is 2.76 bits per heavy atom. The molecule has 1 rings (SSSR count). The van der Waals surface area contributed by atoms with Crippen molar-refractivity contribution in [2.45, 2.75) is 53.2 Å². The van der Waals surface area contributed by atoms with Crippen LogP contribution >= 0.6 is 0 Å². The molecule has 98 valence electrons. The van der Waals surface area contributed by atoms with E-state index in [9.17, 15) is 0 Å². The predicted octanol–water partition coefficient (Wildman–Crippen LogP) is 1.69. The molecule has 1 heterocycles. The fraction of sp³-hybridized carbons (Fsp3) is 0.769. The normalized spacial score (nSPS) is 11.4. The van der Waals surface area contributed by atoms with Gasteiger partial charge in [-0.1, -0.05) is 13.8 Å². The lowest BCUT2D eigenvalue weighted by Crippen LogP contribution is -2.27. The van der Waals surface area contributed by atoms with Crippen LogP contribution in [0.3, 0.4) is 0 Å². The van der Waals surface area contributed by atoms with Crippen molar-refractivity contribution < 1.29 is 0 Å². The summed E-state index contributed by atoms with van der Waals surface area (Å²) in [5, 5.41) is 11.3. The van der Waals surface area contributed by atoms with Gasteiger partial charge in [0.25, 0.3) is 0 Å². The van der Waals surface area contributed by atoms with Crippen molar-refractivity contribution in [1.82, 2.24) is 20.4 Å². The van der Waals surface area contributed by atoms with Crippen molar-refractivity contribution in [1.29, 1.82) is 0 Å². The maximum Gasteiger partial charge on any atom is 0.0597 e. The van der Waals surface area contributed by atoms with Crippen LogP contribution in [0.4, 0.5) is 0 Å². The van der Waals surface area contributed by atoms with Gasteiger partial charge in [-0.05, 0) is 39.4 Å². The highest BCUT2D eigenvalue weighted by molar-refractivity contribution is 5.08. The van der Waals surface area contributed by atoms with E-state index in [0.717, 1.165) is 38.3 Å². The van der Waals surface area contributed by atoms with E-state index in [1.165, 1.54) is 5.69 Å². The van der Waals surface area contributed by atoms with Gasteiger partial charge in [0, 0.05) is 19.1 Å². The van der Waals surface area contributed by atoms with Crippen molar-refractivity contribution in [2.75, 3.05) is 13.1 Å². The molecule has 4 heteroatoms. The number of rotatable bonds is 8. The number of hydrogen-bond acceptors (Lipinski definition) is 3. The largest absolute Gasteiger partial charge is 0.314 e. The molecule has 0 amide bonds. The van der Waals surface area contributed by atoms with Crippen molar-refractivity contribution in [2.24, 2.45) is 0 Å². The van der Waals surface area contributed by atoms with Gasteiger partial charge in [0.15, 0.2) is 0 Å². The Morgan fingerprint density at radius 2 is 2.12 bits per heavy atom. The second-order valence-electron chi connectivity index (χ2n) is 4.73. The first-order valence-corrected chi connectivity index (χ1v) is 6.61. The third-order valence-corrected chi connectivity index (χ3v) is 2.67. The minimum absolute atomic E-state index is 0.583. The summed E-state index contributed by atoms with van der Waals surface area (Å²) in [6.07, 6.45) is 1.16. The fourth-order valence-electron chi connectivity index (χ4n) is 1.84. The van der Waals surface area contributed by atoms with Gasteiger partial charge in [-0.3, -0.25) is 4.68 Å². The second kappa shape index (κ2) is 7.45. The van der Waals surface area contributed by atoms with Crippen LogP contribution in [0.25, 0.3) is 0 Å². The summed E-state index contributed by atoms with van der Waals surface area (Å²) in [7, 11) is 0. The van der Waals surface area contributed by atoms with Crippen LogP contribution in [0, 0.1) is 6.92 Å². The maximum atomic E-state index is 4.43. The Hall–Kier alpha value is -0.870. The monoisotopic (exact) mass is 238 g/mol. The molecule has 0 aromatic carbocycles. The van der Waals surface area contributed by atoms with Gasteiger partial charge >= 0.3 is 0 Å². The Balaban J connectivity index is 2.17. The molecule has 0 unspecified atom stereocenters. The number of aryl methyl sites for hydroxylation is 2. The molecule has 0 radical (unpaired) electrons. The number of aromatic nitrogens is 2. The minimum atomic E-state index is 0.583. The van der Waals surface area contributed by atoms with Gasteiger partial charge in [0.1, 0.15) is 0 Å². The second-order valence-corrected chi connectivity index (χ2v) is 4.73. The van der Waals surface area contributed by atoms with Gasteiger partial charge in [-0.15, -0.1) is 0 Å². The molecular formula is C13H26N4. The Bertz CT molecular complexity index is 317. The van der Waals surface area contributed by atoms with Crippen LogP contribution in [0.15, 0.2) is 6.07 Å². The highest BCUT2D eigenvalue weighted by Gasteiger charge is 2.02. The molecule has 1 aromatic rings. The number of nitrogens with zero attached hydrogens (tertiary/aromatic N) is 2. The van der Waals surface area contributed by atoms with Crippen molar-refractivity contribution in [3.63, 3.8) is 0 Å². The smallest absolute Gasteiger partial charge is 0.0597 e. The standard InChI is InChI=1S/C13H26N4/c1-5-17-13(9-12(4)16-17)10-14-7-6-8-15-11(2)3/h9,11,14-15H,5-8,10H2,1-4H3. The highest BCUT2D eigenvalue weighted by Crippen LogP contribution is 2.02. The van der Waals surface area contributed by atoms with Gasteiger partial charge in [0.2, 0.25) is 0 Å². The molecule has 17 heavy (non-hydrogen) atoms. The SMILES string of the molecule is CCn1nc(C)cc1CNCCCNC(C)C. The summed E-state index contributed by atoms with van der Waals surface area (Å²) in [5.74, 6) is 0. The molecule has 0 bridgehead atoms. The molecular weight excluding hydrogens is 212 g/mol. The zero-order chi connectivity index (χ0) is 12.7. The fourth-order valence-corrected chi connectivity index (χ4v) is 1.84. The molecule has 0 atom stereocenters. The lowest BCUT2D eigenvalue weighted by molar-refractivity contribution is 0.533. The number of nitrogens with one attached hydrogen (secondary N) is 2. The van der Waals surface area contributed by atoms with Gasteiger partial charge in [-0.25, -0.2) is 0 Å². The van der Waals surface area contributed by atoms with Crippen molar-refractivity contribution in [3.8, 4) is 0 Å². The minimum Gasteiger partial charge on any atom is -0.314 e. The first kappa shape index (κ1) is 14.2. The summed E-state index contributed by atoms with van der Waals surface area (Å²) < 4.78 is 2.06. The molecule has 0 saturated carbocycles. The first-order chi connectivity index (χ1) is 8.13. The van der Waals surface area contributed by atoms with Crippen LogP contribution in [0.5, 0.6) is 0 Å². The average Bonchev–Trinajstić information content (AvgIpc) is 2.63. The molecule has 0 saturated heterocycles. The summed E-state index contributed by atoms with van der Waals surface area (Å²) in [6, 6.07) is 2.74. The van der Waals surface area contributed by atoms with Crippen LogP contribution in [-0.4, -0.2) is 28.9 Å². The van der Waals surface area contributed by atoms with E-state index >= 15 is 0 Å². The Labute approximate surface area is 105 Å². The molecule has 0 aliphatic heterocycles. The lowest BCUT2D eigenvalue weighted by Gasteiger charge is -2.09. The lowest BCUT2D eigenvalue weighted by atomic mass is 10.3. The van der Waals surface area contributed by atoms with Crippen LogP contribution in [0.1, 0.15) is 38.6 Å². The molecule has 0 aliphatic rings. The molecule has 4 nitrogen and oxygen atoms in total. The summed E-state index contributed by atoms with van der Waals surface area (Å²) in [4.78, 5) is 0. The van der Waals surface area contributed by atoms with E-state index in [4.69, 9.17) is 0 Å². The summed E-state index contributed by atoms with van der Waals surface area (Å²) >= 11 is 0. The molecule has 1 aromatic heterocycles. The molecule has 2 N–H and O–H groups in total. The summed E-state index contributed by atoms with van der Waals surface area (Å²) in [5.41, 5.74) is 2.38. The van der Waals surface area contributed by atoms with E-state index in [0.29, 0.717) is 6.04 Å². The topological polar surface area (TPSA) is 41.9 Å². The van der Waals surface area contributed by atoms with Crippen LogP contribution in [-0.2, 0) is 13.1 Å². The van der Waals surface area contributed by atoms with Gasteiger partial charge < -0.3 is 10.6 Å². The summed E-state index contributed by atoms with van der Waals surface area (Å²) in [6.45, 7) is 12.5. The van der Waals surface area contributed by atoms with E-state index in [1.807, 2.05) is 6.92 Å². The predicted molar refractivity (Wildman–Crippen MR) is 72.1 cm³/mol. The number of hydrogen-bond donors (Lipinski definition) is 2. The Kier molecular flexibility index (Phi) is 6.22. The van der Waals surface area contributed by atoms with Crippen LogP contribution < -0.4 is 10.6 Å². The van der Waals surface area contributed by atoms with Crippen LogP contribution in [0.2, 0.25) is 0 Å². The third-order valence-electron chi connectivity index (χ3n) is 2.67. The van der Waals surface area contributed by atoms with Crippen molar-refractivity contribution >= 4 is 0 Å². The zero-order valence-electron chi connectivity index (χ0n) is 11.6.